The lowest BCUT2D eigenvalue weighted by Crippen LogP contribution is -2.58. The van der Waals surface area contributed by atoms with E-state index in [2.05, 4.69) is 44.8 Å². The maximum absolute atomic E-state index is 3.48. The van der Waals surface area contributed by atoms with E-state index in [1.54, 1.807) is 0 Å². The molecule has 3 heteroatoms. The summed E-state index contributed by atoms with van der Waals surface area (Å²) in [5.74, 6) is 0.805. The Labute approximate surface area is 101 Å². The van der Waals surface area contributed by atoms with Crippen LogP contribution >= 0.6 is 12.4 Å². The molecule has 1 saturated heterocycles. The fraction of sp³-hybridized carbons (Fsp3) is 1.00. The van der Waals surface area contributed by atoms with Crippen LogP contribution in [0.1, 0.15) is 41.0 Å². The van der Waals surface area contributed by atoms with Gasteiger partial charge in [-0.15, -0.1) is 12.4 Å². The van der Waals surface area contributed by atoms with Crippen molar-refractivity contribution in [2.75, 3.05) is 13.1 Å². The molecule has 92 valence electrons. The molecule has 0 spiro atoms. The molecule has 0 bridgehead atoms. The van der Waals surface area contributed by atoms with Crippen LogP contribution in [-0.2, 0) is 0 Å². The zero-order valence-corrected chi connectivity index (χ0v) is 11.6. The van der Waals surface area contributed by atoms with Crippen molar-refractivity contribution in [1.29, 1.82) is 0 Å². The number of hydrogen-bond acceptors (Lipinski definition) is 2. The molecule has 2 nitrogen and oxygen atoms in total. The van der Waals surface area contributed by atoms with Crippen molar-refractivity contribution in [2.24, 2.45) is 5.92 Å². The maximum Gasteiger partial charge on any atom is 0.0198 e. The second-order valence-electron chi connectivity index (χ2n) is 5.28. The van der Waals surface area contributed by atoms with Gasteiger partial charge in [0, 0.05) is 31.2 Å². The predicted octanol–water partition coefficient (Wildman–Crippen LogP) is 2.53. The van der Waals surface area contributed by atoms with E-state index in [1.807, 2.05) is 0 Å². The van der Waals surface area contributed by atoms with Gasteiger partial charge in [0.2, 0.25) is 0 Å². The Bertz CT molecular complexity index is 163. The number of nitrogens with one attached hydrogen (secondary N) is 1. The lowest BCUT2D eigenvalue weighted by molar-refractivity contribution is 0.0646. The molecule has 1 rings (SSSR count). The lowest BCUT2D eigenvalue weighted by Gasteiger charge is -2.44. The molecule has 1 aliphatic heterocycles. The van der Waals surface area contributed by atoms with Gasteiger partial charge in [-0.05, 0) is 33.1 Å². The van der Waals surface area contributed by atoms with Crippen molar-refractivity contribution in [3.8, 4) is 0 Å². The van der Waals surface area contributed by atoms with Gasteiger partial charge in [0.1, 0.15) is 0 Å². The molecule has 1 fully saturated rings. The Morgan fingerprint density at radius 2 is 1.60 bits per heavy atom. The van der Waals surface area contributed by atoms with Crippen LogP contribution < -0.4 is 5.32 Å². The minimum Gasteiger partial charge on any atom is -0.314 e. The zero-order valence-electron chi connectivity index (χ0n) is 10.8. The summed E-state index contributed by atoms with van der Waals surface area (Å²) in [5, 5.41) is 3.48. The molecule has 0 saturated carbocycles. The molecular formula is C12H27ClN2. The van der Waals surface area contributed by atoms with Gasteiger partial charge >= 0.3 is 0 Å². The normalized spacial score (nSPS) is 30.0. The molecule has 0 amide bonds. The van der Waals surface area contributed by atoms with Crippen LogP contribution in [0, 0.1) is 5.92 Å². The van der Waals surface area contributed by atoms with Crippen molar-refractivity contribution < 1.29 is 0 Å². The average molecular weight is 235 g/mol. The fourth-order valence-corrected chi connectivity index (χ4v) is 2.82. The monoisotopic (exact) mass is 234 g/mol. The number of piperazine rings is 1. The first-order valence-electron chi connectivity index (χ1n) is 6.00. The zero-order chi connectivity index (χ0) is 10.7. The van der Waals surface area contributed by atoms with E-state index in [0.29, 0.717) is 12.1 Å². The van der Waals surface area contributed by atoms with Crippen molar-refractivity contribution >= 4 is 12.4 Å². The van der Waals surface area contributed by atoms with Crippen molar-refractivity contribution in [3.63, 3.8) is 0 Å². The summed E-state index contributed by atoms with van der Waals surface area (Å²) >= 11 is 0. The van der Waals surface area contributed by atoms with E-state index in [9.17, 15) is 0 Å². The Hall–Kier alpha value is 0.210. The quantitative estimate of drug-likeness (QED) is 0.808. The van der Waals surface area contributed by atoms with Crippen molar-refractivity contribution in [2.45, 2.75) is 59.2 Å². The highest BCUT2D eigenvalue weighted by atomic mass is 35.5. The van der Waals surface area contributed by atoms with Gasteiger partial charge < -0.3 is 5.32 Å². The minimum absolute atomic E-state index is 0. The maximum atomic E-state index is 3.48. The summed E-state index contributed by atoms with van der Waals surface area (Å²) in [6, 6.07) is 2.10. The van der Waals surface area contributed by atoms with E-state index in [1.165, 1.54) is 6.42 Å². The third-order valence-corrected chi connectivity index (χ3v) is 3.22. The summed E-state index contributed by atoms with van der Waals surface area (Å²) in [7, 11) is 0. The highest BCUT2D eigenvalue weighted by molar-refractivity contribution is 5.85. The minimum atomic E-state index is 0. The summed E-state index contributed by atoms with van der Waals surface area (Å²) in [4.78, 5) is 2.68. The van der Waals surface area contributed by atoms with Crippen LogP contribution in [0.3, 0.4) is 0 Å². The summed E-state index contributed by atoms with van der Waals surface area (Å²) in [6.07, 6.45) is 1.31. The highest BCUT2D eigenvalue weighted by Crippen LogP contribution is 2.18. The van der Waals surface area contributed by atoms with Crippen LogP contribution in [0.4, 0.5) is 0 Å². The van der Waals surface area contributed by atoms with Gasteiger partial charge in [-0.2, -0.15) is 0 Å². The van der Waals surface area contributed by atoms with E-state index in [4.69, 9.17) is 0 Å². The molecule has 0 radical (unpaired) electrons. The molecule has 0 aromatic rings. The number of halogens is 1. The number of nitrogens with zero attached hydrogens (tertiary/aromatic N) is 1. The van der Waals surface area contributed by atoms with Crippen molar-refractivity contribution in [1.82, 2.24) is 10.2 Å². The topological polar surface area (TPSA) is 15.3 Å². The van der Waals surface area contributed by atoms with E-state index < -0.39 is 0 Å². The Morgan fingerprint density at radius 1 is 1.13 bits per heavy atom. The SMILES string of the molecule is CC(C)CC(C)N1[C@H](C)CNC[C@@H]1C.Cl. The van der Waals surface area contributed by atoms with Gasteiger partial charge in [-0.3, -0.25) is 4.90 Å². The average Bonchev–Trinajstić information content (AvgIpc) is 2.01. The molecule has 0 aromatic heterocycles. The van der Waals surface area contributed by atoms with E-state index >= 15 is 0 Å². The third kappa shape index (κ3) is 4.29. The molecule has 1 N–H and O–H groups in total. The first-order valence-corrected chi connectivity index (χ1v) is 6.00. The van der Waals surface area contributed by atoms with Crippen LogP contribution in [0.25, 0.3) is 0 Å². The first-order chi connectivity index (χ1) is 6.52. The Balaban J connectivity index is 0.00000196. The van der Waals surface area contributed by atoms with E-state index in [-0.39, 0.29) is 12.4 Å². The van der Waals surface area contributed by atoms with Gasteiger partial charge in [-0.1, -0.05) is 13.8 Å². The second kappa shape index (κ2) is 6.72. The van der Waals surface area contributed by atoms with Crippen molar-refractivity contribution in [3.05, 3.63) is 0 Å². The van der Waals surface area contributed by atoms with Crippen LogP contribution in [0.15, 0.2) is 0 Å². The van der Waals surface area contributed by atoms with Crippen LogP contribution in [0.5, 0.6) is 0 Å². The Morgan fingerprint density at radius 3 is 2.00 bits per heavy atom. The van der Waals surface area contributed by atoms with Gasteiger partial charge in [0.25, 0.3) is 0 Å². The summed E-state index contributed by atoms with van der Waals surface area (Å²) in [5.41, 5.74) is 0. The molecule has 1 aliphatic rings. The molecule has 0 aliphatic carbocycles. The van der Waals surface area contributed by atoms with Gasteiger partial charge in [0.15, 0.2) is 0 Å². The van der Waals surface area contributed by atoms with Gasteiger partial charge in [0.05, 0.1) is 0 Å². The molecule has 15 heavy (non-hydrogen) atoms. The van der Waals surface area contributed by atoms with Crippen LogP contribution in [-0.4, -0.2) is 36.1 Å². The standard InChI is InChI=1S/C12H26N2.ClH/c1-9(2)6-10(3)14-11(4)7-13-8-12(14)5;/h9-13H,6-8H2,1-5H3;1H/t10?,11-,12+;. The number of hydrogen-bond donors (Lipinski definition) is 1. The smallest absolute Gasteiger partial charge is 0.0198 e. The molecule has 3 atom stereocenters. The van der Waals surface area contributed by atoms with Crippen LogP contribution in [0.2, 0.25) is 0 Å². The number of rotatable bonds is 3. The first kappa shape index (κ1) is 15.2. The molecule has 0 aromatic carbocycles. The second-order valence-corrected chi connectivity index (χ2v) is 5.28. The van der Waals surface area contributed by atoms with E-state index in [0.717, 1.165) is 25.0 Å². The predicted molar refractivity (Wildman–Crippen MR) is 69.8 cm³/mol. The highest BCUT2D eigenvalue weighted by Gasteiger charge is 2.28. The summed E-state index contributed by atoms with van der Waals surface area (Å²) in [6.45, 7) is 14.0. The molecular weight excluding hydrogens is 208 g/mol. The molecule has 1 unspecified atom stereocenters. The third-order valence-electron chi connectivity index (χ3n) is 3.22. The Kier molecular flexibility index (Phi) is 6.81. The largest absolute Gasteiger partial charge is 0.314 e. The summed E-state index contributed by atoms with van der Waals surface area (Å²) < 4.78 is 0. The van der Waals surface area contributed by atoms with Gasteiger partial charge in [-0.25, -0.2) is 0 Å². The fourth-order valence-electron chi connectivity index (χ4n) is 2.82. The lowest BCUT2D eigenvalue weighted by atomic mass is 9.99. The molecule has 1 heterocycles.